The van der Waals surface area contributed by atoms with Crippen LogP contribution in [0.4, 0.5) is 0 Å². The van der Waals surface area contributed by atoms with Crippen LogP contribution >= 0.6 is 11.8 Å². The monoisotopic (exact) mass is 334 g/mol. The van der Waals surface area contributed by atoms with Crippen LogP contribution < -0.4 is 9.47 Å². The Bertz CT molecular complexity index is 609. The zero-order valence-electron chi connectivity index (χ0n) is 12.1. The maximum Gasteiger partial charge on any atom is 0.339 e. The van der Waals surface area contributed by atoms with E-state index in [0.717, 1.165) is 11.8 Å². The number of benzene rings is 1. The first-order chi connectivity index (χ1) is 9.87. The standard InChI is InChI=1S/C13H18O6S2/c1-18-11-8-9(21(16,17)6-4-5-20-3)7-10(13(14)15)12(11)19-2/h7-8H,4-6H2,1-3H3,(H,14,15). The summed E-state index contributed by atoms with van der Waals surface area (Å²) in [6.07, 6.45) is 2.39. The van der Waals surface area contributed by atoms with Gasteiger partial charge in [0.15, 0.2) is 21.3 Å². The summed E-state index contributed by atoms with van der Waals surface area (Å²) in [7, 11) is -0.929. The number of hydrogen-bond acceptors (Lipinski definition) is 6. The van der Waals surface area contributed by atoms with Crippen molar-refractivity contribution in [2.45, 2.75) is 11.3 Å². The molecule has 0 heterocycles. The average molecular weight is 334 g/mol. The molecule has 0 aromatic heterocycles. The number of carboxylic acids is 1. The predicted octanol–water partition coefficient (Wildman–Crippen LogP) is 1.93. The van der Waals surface area contributed by atoms with Gasteiger partial charge in [-0.15, -0.1) is 0 Å². The van der Waals surface area contributed by atoms with Crippen LogP contribution in [-0.2, 0) is 9.84 Å². The van der Waals surface area contributed by atoms with Crippen molar-refractivity contribution in [2.24, 2.45) is 0 Å². The van der Waals surface area contributed by atoms with Crippen LogP contribution in [0.1, 0.15) is 16.8 Å². The minimum Gasteiger partial charge on any atom is -0.493 e. The molecule has 0 aliphatic carbocycles. The molecular formula is C13H18O6S2. The summed E-state index contributed by atoms with van der Waals surface area (Å²) in [5.41, 5.74) is -0.236. The number of aromatic carboxylic acids is 1. The molecule has 0 radical (unpaired) electrons. The maximum absolute atomic E-state index is 12.3. The van der Waals surface area contributed by atoms with Gasteiger partial charge in [0.25, 0.3) is 0 Å². The number of hydrogen-bond donors (Lipinski definition) is 1. The molecule has 0 aliphatic heterocycles. The fraction of sp³-hybridized carbons (Fsp3) is 0.462. The molecule has 1 N–H and O–H groups in total. The summed E-state index contributed by atoms with van der Waals surface area (Å²) in [6.45, 7) is 0. The largest absolute Gasteiger partial charge is 0.493 e. The highest BCUT2D eigenvalue weighted by Gasteiger charge is 2.23. The number of carbonyl (C=O) groups is 1. The molecule has 6 nitrogen and oxygen atoms in total. The van der Waals surface area contributed by atoms with E-state index in [0.29, 0.717) is 6.42 Å². The van der Waals surface area contributed by atoms with Crippen molar-refractivity contribution in [1.29, 1.82) is 0 Å². The van der Waals surface area contributed by atoms with Crippen LogP contribution in [0, 0.1) is 0 Å². The van der Waals surface area contributed by atoms with Crippen LogP contribution in [0.15, 0.2) is 17.0 Å². The predicted molar refractivity (Wildman–Crippen MR) is 81.6 cm³/mol. The molecule has 1 aromatic carbocycles. The second-order valence-electron chi connectivity index (χ2n) is 4.18. The van der Waals surface area contributed by atoms with E-state index in [1.165, 1.54) is 20.3 Å². The lowest BCUT2D eigenvalue weighted by atomic mass is 10.2. The third-order valence-corrected chi connectivity index (χ3v) is 5.28. The Labute approximate surface area is 128 Å². The number of thioether (sulfide) groups is 1. The zero-order valence-corrected chi connectivity index (χ0v) is 13.7. The molecule has 0 amide bonds. The van der Waals surface area contributed by atoms with Crippen LogP contribution in [-0.4, -0.2) is 51.5 Å². The van der Waals surface area contributed by atoms with E-state index in [1.54, 1.807) is 11.8 Å². The average Bonchev–Trinajstić information content (AvgIpc) is 2.45. The fourth-order valence-corrected chi connectivity index (χ4v) is 3.75. The van der Waals surface area contributed by atoms with E-state index < -0.39 is 15.8 Å². The normalized spacial score (nSPS) is 11.2. The molecule has 118 valence electrons. The number of sulfone groups is 1. The van der Waals surface area contributed by atoms with Gasteiger partial charge in [-0.3, -0.25) is 0 Å². The van der Waals surface area contributed by atoms with E-state index >= 15 is 0 Å². The summed E-state index contributed by atoms with van der Waals surface area (Å²) in [4.78, 5) is 11.2. The van der Waals surface area contributed by atoms with Gasteiger partial charge >= 0.3 is 5.97 Å². The zero-order chi connectivity index (χ0) is 16.0. The molecule has 21 heavy (non-hydrogen) atoms. The number of ether oxygens (including phenoxy) is 2. The second-order valence-corrected chi connectivity index (χ2v) is 7.27. The molecule has 0 bridgehead atoms. The summed E-state index contributed by atoms with van der Waals surface area (Å²) in [5.74, 6) is -0.499. The second kappa shape index (κ2) is 7.56. The SMILES string of the molecule is COc1cc(S(=O)(=O)CCCSC)cc(C(=O)O)c1OC. The van der Waals surface area contributed by atoms with E-state index in [9.17, 15) is 18.3 Å². The summed E-state index contributed by atoms with van der Waals surface area (Å²) < 4.78 is 34.5. The van der Waals surface area contributed by atoms with Crippen molar-refractivity contribution >= 4 is 27.6 Å². The third-order valence-electron chi connectivity index (χ3n) is 2.80. The van der Waals surface area contributed by atoms with Crippen molar-refractivity contribution < 1.29 is 27.8 Å². The molecule has 0 unspecified atom stereocenters. The minimum absolute atomic E-state index is 0.00747. The number of carboxylic acid groups (broad SMARTS) is 1. The van der Waals surface area contributed by atoms with Gasteiger partial charge in [-0.2, -0.15) is 11.8 Å². The summed E-state index contributed by atoms with van der Waals surface area (Å²) in [5, 5.41) is 9.19. The quantitative estimate of drug-likeness (QED) is 0.726. The van der Waals surface area contributed by atoms with Crippen molar-refractivity contribution in [3.8, 4) is 11.5 Å². The lowest BCUT2D eigenvalue weighted by molar-refractivity contribution is 0.0692. The molecule has 0 aliphatic rings. The molecular weight excluding hydrogens is 316 g/mol. The Kier molecular flexibility index (Phi) is 6.35. The molecule has 0 fully saturated rings. The molecule has 1 rings (SSSR count). The molecule has 0 atom stereocenters. The van der Waals surface area contributed by atoms with Crippen LogP contribution in [0.2, 0.25) is 0 Å². The Balaban J connectivity index is 3.31. The van der Waals surface area contributed by atoms with Gasteiger partial charge in [-0.1, -0.05) is 0 Å². The summed E-state index contributed by atoms with van der Waals surface area (Å²) in [6, 6.07) is 2.40. The lowest BCUT2D eigenvalue weighted by Crippen LogP contribution is -2.11. The smallest absolute Gasteiger partial charge is 0.339 e. The first-order valence-corrected chi connectivity index (χ1v) is 9.13. The highest BCUT2D eigenvalue weighted by molar-refractivity contribution is 7.98. The highest BCUT2D eigenvalue weighted by atomic mass is 32.2. The van der Waals surface area contributed by atoms with Gasteiger partial charge < -0.3 is 14.6 Å². The Morgan fingerprint density at radius 3 is 2.43 bits per heavy atom. The topological polar surface area (TPSA) is 89.9 Å². The van der Waals surface area contributed by atoms with Crippen LogP contribution in [0.25, 0.3) is 0 Å². The van der Waals surface area contributed by atoms with Gasteiger partial charge in [0.2, 0.25) is 0 Å². The maximum atomic E-state index is 12.3. The van der Waals surface area contributed by atoms with Gasteiger partial charge in [0, 0.05) is 6.07 Å². The van der Waals surface area contributed by atoms with Gasteiger partial charge in [-0.05, 0) is 24.5 Å². The first-order valence-electron chi connectivity index (χ1n) is 6.08. The van der Waals surface area contributed by atoms with Gasteiger partial charge in [-0.25, -0.2) is 13.2 Å². The highest BCUT2D eigenvalue weighted by Crippen LogP contribution is 2.34. The molecule has 1 aromatic rings. The molecule has 0 saturated carbocycles. The third kappa shape index (κ3) is 4.28. The molecule has 8 heteroatoms. The van der Waals surface area contributed by atoms with Crippen molar-refractivity contribution in [3.63, 3.8) is 0 Å². The Morgan fingerprint density at radius 2 is 1.95 bits per heavy atom. The minimum atomic E-state index is -3.56. The Hall–Kier alpha value is -1.41. The van der Waals surface area contributed by atoms with Gasteiger partial charge in [0.1, 0.15) is 5.56 Å². The van der Waals surface area contributed by atoms with E-state index in [2.05, 4.69) is 0 Å². The van der Waals surface area contributed by atoms with Crippen LogP contribution in [0.5, 0.6) is 11.5 Å². The Morgan fingerprint density at radius 1 is 1.29 bits per heavy atom. The van der Waals surface area contributed by atoms with Crippen LogP contribution in [0.3, 0.4) is 0 Å². The van der Waals surface area contributed by atoms with Crippen molar-refractivity contribution in [3.05, 3.63) is 17.7 Å². The van der Waals surface area contributed by atoms with E-state index in [-0.39, 0.29) is 27.7 Å². The number of rotatable bonds is 8. The lowest BCUT2D eigenvalue weighted by Gasteiger charge is -2.13. The van der Waals surface area contributed by atoms with E-state index in [1.807, 2.05) is 6.26 Å². The van der Waals surface area contributed by atoms with Crippen molar-refractivity contribution in [1.82, 2.24) is 0 Å². The van der Waals surface area contributed by atoms with E-state index in [4.69, 9.17) is 9.47 Å². The molecule has 0 saturated heterocycles. The van der Waals surface area contributed by atoms with Crippen molar-refractivity contribution in [2.75, 3.05) is 32.0 Å². The first kappa shape index (κ1) is 17.6. The number of methoxy groups -OCH3 is 2. The fourth-order valence-electron chi connectivity index (χ4n) is 1.79. The van der Waals surface area contributed by atoms with Gasteiger partial charge in [0.05, 0.1) is 24.9 Å². The summed E-state index contributed by atoms with van der Waals surface area (Å²) >= 11 is 1.56. The molecule has 0 spiro atoms.